The van der Waals surface area contributed by atoms with Crippen molar-refractivity contribution in [3.05, 3.63) is 156 Å². The Hall–Kier alpha value is -6.04. The quantitative estimate of drug-likeness (QED) is 0.165. The molecule has 0 fully saturated rings. The van der Waals surface area contributed by atoms with E-state index >= 15 is 0 Å². The van der Waals surface area contributed by atoms with Gasteiger partial charge in [0.05, 0.1) is 29.4 Å². The Kier molecular flexibility index (Phi) is 7.50. The van der Waals surface area contributed by atoms with Crippen LogP contribution in [0.2, 0.25) is 0 Å². The summed E-state index contributed by atoms with van der Waals surface area (Å²) in [6.07, 6.45) is 12.8. The van der Waals surface area contributed by atoms with E-state index in [-0.39, 0.29) is 6.61 Å². The zero-order valence-electron chi connectivity index (χ0n) is 25.7. The molecular formula is C42H32N4O. The zero-order valence-corrected chi connectivity index (χ0v) is 25.7. The highest BCUT2D eigenvalue weighted by molar-refractivity contribution is 5.97. The first kappa shape index (κ1) is 28.4. The van der Waals surface area contributed by atoms with E-state index in [1.54, 1.807) is 6.08 Å². The topological polar surface area (TPSA) is 77.6 Å². The molecule has 0 amide bonds. The van der Waals surface area contributed by atoms with Gasteiger partial charge in [0.1, 0.15) is 0 Å². The number of rotatable bonds is 6. The van der Waals surface area contributed by atoms with E-state index in [9.17, 15) is 5.11 Å². The lowest BCUT2D eigenvalue weighted by Gasteiger charge is -2.06. The van der Waals surface area contributed by atoms with Crippen LogP contribution in [0.3, 0.4) is 0 Å². The standard InChI is InChI=1S/C42H32N4O/c47-27-11-10-18-31-32-19-21-34(43-32)40(28-12-4-1-5-13-28)36-23-25-38(45-36)42(30-16-8-3-9-17-30)39-26-24-37(46-39)41(29-14-6-2-7-15-29)35-22-20-33(31)44-35/h1-17,19-26,43,46-47H,18,27H2/b11-10+,32-31?,33-31?,40-34?,40-36?,41-35?,41-37?,42-38?,42-39?. The van der Waals surface area contributed by atoms with Crippen LogP contribution in [0.4, 0.5) is 0 Å². The summed E-state index contributed by atoms with van der Waals surface area (Å²) in [6.45, 7) is -0.0110. The molecule has 5 heteroatoms. The molecule has 0 atom stereocenters. The van der Waals surface area contributed by atoms with E-state index < -0.39 is 0 Å². The van der Waals surface area contributed by atoms with E-state index in [2.05, 4.69) is 131 Å². The van der Waals surface area contributed by atoms with E-state index in [1.165, 1.54) is 0 Å². The predicted octanol–water partition coefficient (Wildman–Crippen LogP) is 9.75. The maximum Gasteiger partial charge on any atom is 0.0737 e. The number of nitrogens with one attached hydrogen (secondary N) is 2. The summed E-state index contributed by atoms with van der Waals surface area (Å²) in [7, 11) is 0. The minimum absolute atomic E-state index is 0.0110. The van der Waals surface area contributed by atoms with Gasteiger partial charge in [-0.1, -0.05) is 103 Å². The van der Waals surface area contributed by atoms with Gasteiger partial charge in [0.25, 0.3) is 0 Å². The smallest absolute Gasteiger partial charge is 0.0737 e. The van der Waals surface area contributed by atoms with Gasteiger partial charge in [0, 0.05) is 44.3 Å². The second kappa shape index (κ2) is 12.4. The molecule has 0 unspecified atom stereocenters. The van der Waals surface area contributed by atoms with Crippen molar-refractivity contribution in [2.75, 3.05) is 6.61 Å². The molecule has 0 aliphatic carbocycles. The van der Waals surface area contributed by atoms with Gasteiger partial charge < -0.3 is 15.1 Å². The third-order valence-electron chi connectivity index (χ3n) is 8.64. The number of fused-ring (bicyclic) bond motifs is 8. The summed E-state index contributed by atoms with van der Waals surface area (Å²) in [6, 6.07) is 39.8. The molecule has 2 aliphatic rings. The molecule has 0 saturated carbocycles. The lowest BCUT2D eigenvalue weighted by atomic mass is 10.0. The second-order valence-corrected chi connectivity index (χ2v) is 11.6. The van der Waals surface area contributed by atoms with Gasteiger partial charge in [-0.2, -0.15) is 0 Å². The van der Waals surface area contributed by atoms with Gasteiger partial charge in [0.15, 0.2) is 0 Å². The molecule has 226 valence electrons. The fraction of sp³-hybridized carbons (Fsp3) is 0.0476. The summed E-state index contributed by atoms with van der Waals surface area (Å²) >= 11 is 0. The van der Waals surface area contributed by atoms with Crippen LogP contribution >= 0.6 is 0 Å². The van der Waals surface area contributed by atoms with Crippen molar-refractivity contribution >= 4 is 46.4 Å². The molecule has 3 aromatic carbocycles. The highest BCUT2D eigenvalue weighted by Crippen LogP contribution is 2.36. The Morgan fingerprint density at radius 1 is 0.447 bits per heavy atom. The van der Waals surface area contributed by atoms with E-state index in [1.807, 2.05) is 24.3 Å². The Morgan fingerprint density at radius 2 is 0.830 bits per heavy atom. The molecule has 0 radical (unpaired) electrons. The van der Waals surface area contributed by atoms with Crippen molar-refractivity contribution in [2.24, 2.45) is 0 Å². The van der Waals surface area contributed by atoms with Gasteiger partial charge in [-0.15, -0.1) is 0 Å². The van der Waals surface area contributed by atoms with Crippen molar-refractivity contribution in [2.45, 2.75) is 6.42 Å². The normalized spacial score (nSPS) is 12.3. The lowest BCUT2D eigenvalue weighted by molar-refractivity contribution is 0.342. The van der Waals surface area contributed by atoms with Crippen molar-refractivity contribution in [3.63, 3.8) is 0 Å². The Morgan fingerprint density at radius 3 is 1.28 bits per heavy atom. The number of aliphatic hydroxyl groups excluding tert-OH is 1. The molecule has 5 heterocycles. The van der Waals surface area contributed by atoms with Crippen LogP contribution in [0.15, 0.2) is 127 Å². The first-order valence-corrected chi connectivity index (χ1v) is 15.8. The number of aromatic amines is 2. The maximum atomic E-state index is 9.52. The highest BCUT2D eigenvalue weighted by atomic mass is 16.2. The Bertz CT molecular complexity index is 2310. The van der Waals surface area contributed by atoms with Gasteiger partial charge in [-0.05, 0) is 71.7 Å². The monoisotopic (exact) mass is 608 g/mol. The largest absolute Gasteiger partial charge is 0.392 e. The average molecular weight is 609 g/mol. The number of H-pyrrole nitrogens is 2. The average Bonchev–Trinajstić information content (AvgIpc) is 3.95. The molecule has 6 aromatic rings. The van der Waals surface area contributed by atoms with Crippen molar-refractivity contribution in [1.82, 2.24) is 19.9 Å². The van der Waals surface area contributed by atoms with Crippen LogP contribution in [0, 0.1) is 0 Å². The minimum Gasteiger partial charge on any atom is -0.392 e. The van der Waals surface area contributed by atoms with E-state index in [0.717, 1.165) is 83.8 Å². The van der Waals surface area contributed by atoms with Crippen molar-refractivity contribution < 1.29 is 5.11 Å². The van der Waals surface area contributed by atoms with Crippen LogP contribution < -0.4 is 0 Å². The Labute approximate surface area is 273 Å². The van der Waals surface area contributed by atoms with Crippen molar-refractivity contribution in [3.8, 4) is 33.4 Å². The predicted molar refractivity (Wildman–Crippen MR) is 195 cm³/mol. The zero-order chi connectivity index (χ0) is 31.6. The number of aromatic nitrogens is 4. The lowest BCUT2D eigenvalue weighted by Crippen LogP contribution is -1.91. The second-order valence-electron chi connectivity index (χ2n) is 11.6. The first-order valence-electron chi connectivity index (χ1n) is 15.8. The molecule has 8 rings (SSSR count). The summed E-state index contributed by atoms with van der Waals surface area (Å²) in [5.41, 5.74) is 14.8. The molecule has 3 aromatic heterocycles. The van der Waals surface area contributed by atoms with Crippen molar-refractivity contribution in [1.29, 1.82) is 0 Å². The molecule has 8 bridgehead atoms. The fourth-order valence-electron chi connectivity index (χ4n) is 6.48. The van der Waals surface area contributed by atoms with E-state index in [0.29, 0.717) is 6.42 Å². The minimum atomic E-state index is -0.0110. The van der Waals surface area contributed by atoms with Gasteiger partial charge in [0.2, 0.25) is 0 Å². The number of hydrogen-bond acceptors (Lipinski definition) is 3. The van der Waals surface area contributed by atoms with Crippen LogP contribution in [-0.4, -0.2) is 31.6 Å². The molecule has 5 nitrogen and oxygen atoms in total. The summed E-state index contributed by atoms with van der Waals surface area (Å²) in [4.78, 5) is 18.1. The van der Waals surface area contributed by atoms with Gasteiger partial charge in [-0.25, -0.2) is 9.97 Å². The summed E-state index contributed by atoms with van der Waals surface area (Å²) in [5.74, 6) is 0. The Balaban J connectivity index is 1.55. The number of hydrogen-bond donors (Lipinski definition) is 3. The number of aliphatic hydroxyl groups is 1. The molecule has 47 heavy (non-hydrogen) atoms. The third-order valence-corrected chi connectivity index (χ3v) is 8.64. The molecule has 3 N–H and O–H groups in total. The summed E-state index contributed by atoms with van der Waals surface area (Å²) in [5, 5.41) is 9.52. The number of benzene rings is 3. The first-order chi connectivity index (χ1) is 23.3. The molecule has 0 saturated heterocycles. The molecular weight excluding hydrogens is 576 g/mol. The molecule has 2 aliphatic heterocycles. The maximum absolute atomic E-state index is 9.52. The highest BCUT2D eigenvalue weighted by Gasteiger charge is 2.17. The van der Waals surface area contributed by atoms with Gasteiger partial charge in [-0.3, -0.25) is 0 Å². The number of allylic oxidation sites excluding steroid dienone is 1. The van der Waals surface area contributed by atoms with Crippen LogP contribution in [-0.2, 0) is 6.42 Å². The number of nitrogens with zero attached hydrogens (tertiary/aromatic N) is 2. The summed E-state index contributed by atoms with van der Waals surface area (Å²) < 4.78 is 0. The SMILES string of the molecule is OC/C=C/Cc1c2nc(c(-c3ccccc3)c3ccc([nH]3)c(-c3ccccc3)c3nc(c(-c4ccccc4)c4ccc1[nH]4)C=C3)C=C2. The van der Waals surface area contributed by atoms with Crippen LogP contribution in [0.1, 0.15) is 28.3 Å². The third kappa shape index (κ3) is 5.43. The fourth-order valence-corrected chi connectivity index (χ4v) is 6.48. The van der Waals surface area contributed by atoms with Crippen LogP contribution in [0.25, 0.3) is 79.8 Å². The molecule has 0 spiro atoms. The van der Waals surface area contributed by atoms with E-state index in [4.69, 9.17) is 9.97 Å². The van der Waals surface area contributed by atoms with Gasteiger partial charge >= 0.3 is 0 Å². The van der Waals surface area contributed by atoms with Crippen LogP contribution in [0.5, 0.6) is 0 Å².